The fourth-order valence-electron chi connectivity index (χ4n) is 5.41. The molecule has 214 valence electrons. The van der Waals surface area contributed by atoms with Crippen molar-refractivity contribution in [3.05, 3.63) is 89.2 Å². The van der Waals surface area contributed by atoms with Crippen LogP contribution in [0.1, 0.15) is 80.9 Å². The summed E-state index contributed by atoms with van der Waals surface area (Å²) >= 11 is 0. The first kappa shape index (κ1) is 29.9. The Bertz CT molecular complexity index is 1200. The van der Waals surface area contributed by atoms with E-state index in [4.69, 9.17) is 0 Å². The van der Waals surface area contributed by atoms with Crippen LogP contribution in [0.2, 0.25) is 0 Å². The molecule has 6 heteroatoms. The molecule has 0 spiro atoms. The van der Waals surface area contributed by atoms with Gasteiger partial charge in [-0.05, 0) is 85.0 Å². The van der Waals surface area contributed by atoms with Gasteiger partial charge in [-0.15, -0.1) is 0 Å². The SMILES string of the molecule is CCCCCc1ccc(C(=O)N(Cc2ccc(-c3cc(F)cc(F)c3)cc2)C2CCN(CCC(C)C)CC2)nc1. The van der Waals surface area contributed by atoms with Crippen LogP contribution in [-0.4, -0.2) is 46.4 Å². The third-order valence-electron chi connectivity index (χ3n) is 7.90. The monoisotopic (exact) mass is 547 g/mol. The highest BCUT2D eigenvalue weighted by atomic mass is 19.1. The van der Waals surface area contributed by atoms with Gasteiger partial charge in [-0.3, -0.25) is 9.78 Å². The number of aromatic nitrogens is 1. The third kappa shape index (κ3) is 8.44. The van der Waals surface area contributed by atoms with Crippen molar-refractivity contribution in [3.63, 3.8) is 0 Å². The Labute approximate surface area is 238 Å². The smallest absolute Gasteiger partial charge is 0.272 e. The number of benzene rings is 2. The van der Waals surface area contributed by atoms with Crippen molar-refractivity contribution in [2.24, 2.45) is 5.92 Å². The summed E-state index contributed by atoms with van der Waals surface area (Å²) in [6.45, 7) is 10.2. The van der Waals surface area contributed by atoms with Crippen molar-refractivity contribution in [3.8, 4) is 11.1 Å². The molecule has 40 heavy (non-hydrogen) atoms. The van der Waals surface area contributed by atoms with E-state index in [1.54, 1.807) is 0 Å². The van der Waals surface area contributed by atoms with Crippen molar-refractivity contribution < 1.29 is 13.6 Å². The second-order valence-corrected chi connectivity index (χ2v) is 11.6. The highest BCUT2D eigenvalue weighted by Gasteiger charge is 2.29. The van der Waals surface area contributed by atoms with E-state index in [0.717, 1.165) is 62.5 Å². The molecular formula is C34H43F2N3O. The van der Waals surface area contributed by atoms with E-state index in [1.165, 1.54) is 37.0 Å². The van der Waals surface area contributed by atoms with Crippen molar-refractivity contribution in [1.29, 1.82) is 0 Å². The third-order valence-corrected chi connectivity index (χ3v) is 7.90. The summed E-state index contributed by atoms with van der Waals surface area (Å²) in [5.41, 5.74) is 3.85. The number of nitrogens with zero attached hydrogens (tertiary/aromatic N) is 3. The number of carbonyl (C=O) groups excluding carboxylic acids is 1. The van der Waals surface area contributed by atoms with Crippen molar-refractivity contribution in [2.45, 2.75) is 78.3 Å². The molecule has 0 atom stereocenters. The first-order chi connectivity index (χ1) is 19.3. The lowest BCUT2D eigenvalue weighted by molar-refractivity contribution is 0.0540. The van der Waals surface area contributed by atoms with Crippen LogP contribution >= 0.6 is 0 Å². The Morgan fingerprint density at radius 2 is 1.62 bits per heavy atom. The highest BCUT2D eigenvalue weighted by Crippen LogP contribution is 2.25. The molecule has 4 nitrogen and oxygen atoms in total. The van der Waals surface area contributed by atoms with Gasteiger partial charge in [0.15, 0.2) is 0 Å². The summed E-state index contributed by atoms with van der Waals surface area (Å²) < 4.78 is 27.5. The molecule has 1 aliphatic rings. The Morgan fingerprint density at radius 1 is 0.950 bits per heavy atom. The van der Waals surface area contributed by atoms with Gasteiger partial charge in [-0.2, -0.15) is 0 Å². The molecular weight excluding hydrogens is 504 g/mol. The molecule has 2 heterocycles. The van der Waals surface area contributed by atoms with Crippen LogP contribution in [0.3, 0.4) is 0 Å². The van der Waals surface area contributed by atoms with Gasteiger partial charge in [0.25, 0.3) is 5.91 Å². The van der Waals surface area contributed by atoms with Gasteiger partial charge in [0.05, 0.1) is 0 Å². The fraction of sp³-hybridized carbons (Fsp3) is 0.471. The molecule has 1 fully saturated rings. The number of amides is 1. The van der Waals surface area contributed by atoms with Crippen LogP contribution in [0.25, 0.3) is 11.1 Å². The number of carbonyl (C=O) groups is 1. The molecule has 0 bridgehead atoms. The maximum atomic E-state index is 13.8. The quantitative estimate of drug-likeness (QED) is 0.216. The minimum atomic E-state index is -0.598. The number of aryl methyl sites for hydroxylation is 1. The van der Waals surface area contributed by atoms with Gasteiger partial charge in [0.1, 0.15) is 17.3 Å². The molecule has 0 saturated carbocycles. The van der Waals surface area contributed by atoms with Crippen LogP contribution in [0.5, 0.6) is 0 Å². The largest absolute Gasteiger partial charge is 0.330 e. The van der Waals surface area contributed by atoms with Gasteiger partial charge in [-0.25, -0.2) is 8.78 Å². The van der Waals surface area contributed by atoms with Crippen LogP contribution < -0.4 is 0 Å². The van der Waals surface area contributed by atoms with E-state index in [0.29, 0.717) is 23.7 Å². The highest BCUT2D eigenvalue weighted by molar-refractivity contribution is 5.92. The lowest BCUT2D eigenvalue weighted by Gasteiger charge is -2.38. The number of pyridine rings is 1. The molecule has 1 aromatic heterocycles. The number of likely N-dealkylation sites (tertiary alicyclic amines) is 1. The number of hydrogen-bond donors (Lipinski definition) is 0. The maximum Gasteiger partial charge on any atom is 0.272 e. The molecule has 0 N–H and O–H groups in total. The molecule has 0 radical (unpaired) electrons. The molecule has 0 aliphatic carbocycles. The molecule has 1 saturated heterocycles. The Morgan fingerprint density at radius 3 is 2.23 bits per heavy atom. The second kappa shape index (κ2) is 14.5. The average molecular weight is 548 g/mol. The molecule has 3 aromatic rings. The lowest BCUT2D eigenvalue weighted by Crippen LogP contribution is -2.47. The van der Waals surface area contributed by atoms with Gasteiger partial charge >= 0.3 is 0 Å². The average Bonchev–Trinajstić information content (AvgIpc) is 2.95. The number of unbranched alkanes of at least 4 members (excludes halogenated alkanes) is 2. The summed E-state index contributed by atoms with van der Waals surface area (Å²) in [7, 11) is 0. The maximum absolute atomic E-state index is 13.8. The van der Waals surface area contributed by atoms with Crippen LogP contribution in [0.15, 0.2) is 60.8 Å². The Balaban J connectivity index is 1.50. The predicted molar refractivity (Wildman–Crippen MR) is 158 cm³/mol. The summed E-state index contributed by atoms with van der Waals surface area (Å²) in [6, 6.07) is 15.2. The molecule has 0 unspecified atom stereocenters. The Kier molecular flexibility index (Phi) is 10.8. The van der Waals surface area contributed by atoms with E-state index in [-0.39, 0.29) is 11.9 Å². The first-order valence-corrected chi connectivity index (χ1v) is 14.9. The summed E-state index contributed by atoms with van der Waals surface area (Å²) in [5, 5.41) is 0. The zero-order chi connectivity index (χ0) is 28.5. The van der Waals surface area contributed by atoms with Gasteiger partial charge < -0.3 is 9.80 Å². The minimum absolute atomic E-state index is 0.0444. The lowest BCUT2D eigenvalue weighted by atomic mass is 9.99. The normalized spacial score (nSPS) is 14.6. The molecule has 2 aromatic carbocycles. The predicted octanol–water partition coefficient (Wildman–Crippen LogP) is 7.91. The number of halogens is 2. The second-order valence-electron chi connectivity index (χ2n) is 11.6. The molecule has 4 rings (SSSR count). The van der Waals surface area contributed by atoms with Crippen LogP contribution in [-0.2, 0) is 13.0 Å². The first-order valence-electron chi connectivity index (χ1n) is 14.9. The summed E-state index contributed by atoms with van der Waals surface area (Å²) in [4.78, 5) is 22.9. The van der Waals surface area contributed by atoms with Gasteiger partial charge in [0.2, 0.25) is 0 Å². The van der Waals surface area contributed by atoms with Crippen LogP contribution in [0, 0.1) is 17.6 Å². The Hall–Kier alpha value is -3.12. The topological polar surface area (TPSA) is 36.4 Å². The zero-order valence-corrected chi connectivity index (χ0v) is 24.2. The summed E-state index contributed by atoms with van der Waals surface area (Å²) in [6.07, 6.45) is 9.37. The van der Waals surface area contributed by atoms with Gasteiger partial charge in [0, 0.05) is 37.9 Å². The number of piperidine rings is 1. The standard InChI is InChI=1S/C34H43F2N3O/c1-4-5-6-7-26-10-13-33(37-23-26)34(40)39(32-15-18-38(19-16-32)17-14-25(2)3)24-27-8-11-28(12-9-27)29-20-30(35)22-31(36)21-29/h8-13,20-23,25,32H,4-7,14-19,24H2,1-3H3. The summed E-state index contributed by atoms with van der Waals surface area (Å²) in [5.74, 6) is -0.561. The molecule has 1 aliphatic heterocycles. The van der Waals surface area contributed by atoms with E-state index in [1.807, 2.05) is 47.5 Å². The zero-order valence-electron chi connectivity index (χ0n) is 24.2. The van der Waals surface area contributed by atoms with Crippen molar-refractivity contribution in [2.75, 3.05) is 19.6 Å². The number of hydrogen-bond acceptors (Lipinski definition) is 3. The van der Waals surface area contributed by atoms with E-state index in [9.17, 15) is 13.6 Å². The number of rotatable bonds is 12. The van der Waals surface area contributed by atoms with E-state index in [2.05, 4.69) is 30.7 Å². The van der Waals surface area contributed by atoms with E-state index < -0.39 is 11.6 Å². The fourth-order valence-corrected chi connectivity index (χ4v) is 5.41. The van der Waals surface area contributed by atoms with Crippen molar-refractivity contribution in [1.82, 2.24) is 14.8 Å². The van der Waals surface area contributed by atoms with Gasteiger partial charge in [-0.1, -0.05) is 63.9 Å². The molecule has 1 amide bonds. The minimum Gasteiger partial charge on any atom is -0.330 e. The van der Waals surface area contributed by atoms with Crippen LogP contribution in [0.4, 0.5) is 8.78 Å². The van der Waals surface area contributed by atoms with Crippen molar-refractivity contribution >= 4 is 5.91 Å². The van der Waals surface area contributed by atoms with E-state index >= 15 is 0 Å².